The van der Waals surface area contributed by atoms with Crippen molar-refractivity contribution in [2.24, 2.45) is 0 Å². The molecule has 2 atom stereocenters. The van der Waals surface area contributed by atoms with Gasteiger partial charge in [0.1, 0.15) is 6.61 Å². The van der Waals surface area contributed by atoms with Crippen molar-refractivity contribution in [1.82, 2.24) is 0 Å². The minimum Gasteiger partial charge on any atom is -0.371 e. The van der Waals surface area contributed by atoms with Crippen molar-refractivity contribution in [1.29, 1.82) is 0 Å². The molecule has 1 nitrogen and oxygen atoms in total. The van der Waals surface area contributed by atoms with E-state index in [9.17, 15) is 13.2 Å². The molecule has 0 spiro atoms. The molecule has 0 saturated heterocycles. The highest BCUT2D eigenvalue weighted by atomic mass is 79.9. The molecule has 0 amide bonds. The predicted octanol–water partition coefficient (Wildman–Crippen LogP) is 5.22. The highest BCUT2D eigenvalue weighted by molar-refractivity contribution is 9.09. The van der Waals surface area contributed by atoms with Crippen molar-refractivity contribution in [3.05, 3.63) is 35.4 Å². The van der Waals surface area contributed by atoms with Crippen LogP contribution in [0.25, 0.3) is 0 Å². The van der Waals surface area contributed by atoms with E-state index in [2.05, 4.69) is 34.5 Å². The molecule has 0 fully saturated rings. The number of rotatable bonds is 6. The second kappa shape index (κ2) is 7.29. The maximum absolute atomic E-state index is 11.9. The van der Waals surface area contributed by atoms with Crippen LogP contribution >= 0.6 is 15.9 Å². The topological polar surface area (TPSA) is 9.23 Å². The first kappa shape index (κ1) is 16.5. The van der Waals surface area contributed by atoms with Crippen molar-refractivity contribution >= 4 is 15.9 Å². The van der Waals surface area contributed by atoms with Gasteiger partial charge in [0.25, 0.3) is 0 Å². The van der Waals surface area contributed by atoms with Gasteiger partial charge < -0.3 is 4.74 Å². The number of ether oxygens (including phenoxy) is 1. The summed E-state index contributed by atoms with van der Waals surface area (Å²) < 4.78 is 40.5. The molecule has 1 aromatic carbocycles. The fraction of sp³-hybridized carbons (Fsp3) is 0.571. The first-order chi connectivity index (χ1) is 8.83. The van der Waals surface area contributed by atoms with Gasteiger partial charge in [0.05, 0.1) is 11.4 Å². The second-order valence-electron chi connectivity index (χ2n) is 4.57. The molecule has 5 heteroatoms. The van der Waals surface area contributed by atoms with E-state index in [1.165, 1.54) is 5.56 Å². The van der Waals surface area contributed by atoms with Crippen molar-refractivity contribution in [3.8, 4) is 0 Å². The van der Waals surface area contributed by atoms with Gasteiger partial charge in [0.2, 0.25) is 0 Å². The molecule has 0 radical (unpaired) electrons. The lowest BCUT2D eigenvalue weighted by molar-refractivity contribution is -0.173. The Hall–Kier alpha value is -0.550. The van der Waals surface area contributed by atoms with Crippen LogP contribution in [0.1, 0.15) is 42.1 Å². The van der Waals surface area contributed by atoms with Crippen LogP contribution in [0.5, 0.6) is 0 Å². The summed E-state index contributed by atoms with van der Waals surface area (Å²) in [5, 5.41) is 0. The average molecular weight is 339 g/mol. The van der Waals surface area contributed by atoms with Gasteiger partial charge in [-0.25, -0.2) is 0 Å². The van der Waals surface area contributed by atoms with E-state index >= 15 is 0 Å². The van der Waals surface area contributed by atoms with Crippen LogP contribution in [-0.2, 0) is 4.74 Å². The minimum absolute atomic E-state index is 0.00217. The van der Waals surface area contributed by atoms with E-state index in [1.807, 2.05) is 24.3 Å². The van der Waals surface area contributed by atoms with Crippen molar-refractivity contribution in [2.45, 2.75) is 37.2 Å². The number of halogens is 4. The Morgan fingerprint density at radius 2 is 1.68 bits per heavy atom. The van der Waals surface area contributed by atoms with Crippen LogP contribution in [-0.4, -0.2) is 19.4 Å². The number of hydrogen-bond donors (Lipinski definition) is 0. The minimum atomic E-state index is -4.27. The maximum Gasteiger partial charge on any atom is 0.411 e. The molecule has 2 unspecified atom stereocenters. The molecular weight excluding hydrogens is 321 g/mol. The third-order valence-electron chi connectivity index (χ3n) is 3.01. The number of hydrogen-bond acceptors (Lipinski definition) is 1. The molecule has 108 valence electrons. The lowest BCUT2D eigenvalue weighted by atomic mass is 9.97. The van der Waals surface area contributed by atoms with Crippen LogP contribution in [0.3, 0.4) is 0 Å². The highest BCUT2D eigenvalue weighted by Gasteiger charge is 2.27. The Kier molecular flexibility index (Phi) is 6.33. The summed E-state index contributed by atoms with van der Waals surface area (Å²) in [6.07, 6.45) is -3.21. The largest absolute Gasteiger partial charge is 0.411 e. The molecule has 0 aliphatic carbocycles. The molecule has 0 aliphatic heterocycles. The zero-order valence-electron chi connectivity index (χ0n) is 11.0. The normalized spacial score (nSPS) is 15.3. The highest BCUT2D eigenvalue weighted by Crippen LogP contribution is 2.26. The van der Waals surface area contributed by atoms with Crippen LogP contribution in [0.15, 0.2) is 24.3 Å². The zero-order chi connectivity index (χ0) is 14.5. The van der Waals surface area contributed by atoms with Crippen LogP contribution in [0.2, 0.25) is 0 Å². The van der Waals surface area contributed by atoms with E-state index in [0.29, 0.717) is 5.92 Å². The van der Waals surface area contributed by atoms with Gasteiger partial charge in [-0.15, -0.1) is 0 Å². The van der Waals surface area contributed by atoms with Crippen molar-refractivity contribution < 1.29 is 17.9 Å². The maximum atomic E-state index is 11.9. The van der Waals surface area contributed by atoms with Gasteiger partial charge in [-0.2, -0.15) is 13.2 Å². The van der Waals surface area contributed by atoms with Gasteiger partial charge in [0.15, 0.2) is 0 Å². The second-order valence-corrected chi connectivity index (χ2v) is 5.68. The van der Waals surface area contributed by atoms with E-state index in [4.69, 9.17) is 0 Å². The third-order valence-corrected chi connectivity index (χ3v) is 3.80. The van der Waals surface area contributed by atoms with Gasteiger partial charge in [-0.3, -0.25) is 0 Å². The van der Waals surface area contributed by atoms with E-state index < -0.39 is 12.8 Å². The number of alkyl halides is 4. The summed E-state index contributed by atoms with van der Waals surface area (Å²) in [6.45, 7) is 3.06. The van der Waals surface area contributed by atoms with Gasteiger partial charge in [-0.1, -0.05) is 54.0 Å². The SMILES string of the molecule is CCC(C)c1ccc(C(Br)COCC(F)(F)F)cc1. The van der Waals surface area contributed by atoms with E-state index in [0.717, 1.165) is 12.0 Å². The van der Waals surface area contributed by atoms with Crippen molar-refractivity contribution in [2.75, 3.05) is 13.2 Å². The summed E-state index contributed by atoms with van der Waals surface area (Å²) in [5.74, 6) is 0.490. The van der Waals surface area contributed by atoms with Crippen LogP contribution in [0, 0.1) is 0 Å². The fourth-order valence-corrected chi connectivity index (χ4v) is 2.14. The predicted molar refractivity (Wildman–Crippen MR) is 73.7 cm³/mol. The summed E-state index contributed by atoms with van der Waals surface area (Å²) in [7, 11) is 0. The van der Waals surface area contributed by atoms with Gasteiger partial charge in [0, 0.05) is 0 Å². The van der Waals surface area contributed by atoms with E-state index in [1.54, 1.807) is 0 Å². The summed E-state index contributed by atoms with van der Waals surface area (Å²) in [4.78, 5) is -0.221. The molecule has 0 aromatic heterocycles. The first-order valence-corrected chi connectivity index (χ1v) is 7.13. The number of benzene rings is 1. The molecule has 0 N–H and O–H groups in total. The third kappa shape index (κ3) is 5.95. The molecule has 0 saturated carbocycles. The average Bonchev–Trinajstić information content (AvgIpc) is 2.36. The molecule has 0 heterocycles. The first-order valence-electron chi connectivity index (χ1n) is 6.22. The molecule has 0 aliphatic rings. The van der Waals surface area contributed by atoms with Gasteiger partial charge in [-0.05, 0) is 23.5 Å². The Morgan fingerprint density at radius 1 is 1.16 bits per heavy atom. The monoisotopic (exact) mass is 338 g/mol. The summed E-state index contributed by atoms with van der Waals surface area (Å²) in [6, 6.07) is 7.89. The smallest absolute Gasteiger partial charge is 0.371 e. The molecular formula is C14H18BrF3O. The van der Waals surface area contributed by atoms with Crippen molar-refractivity contribution in [3.63, 3.8) is 0 Å². The summed E-state index contributed by atoms with van der Waals surface area (Å²) in [5.41, 5.74) is 2.16. The standard InChI is InChI=1S/C14H18BrF3O/c1-3-10(2)11-4-6-12(7-5-11)13(15)8-19-9-14(16,17)18/h4-7,10,13H,3,8-9H2,1-2H3. The molecule has 19 heavy (non-hydrogen) atoms. The van der Waals surface area contributed by atoms with Gasteiger partial charge >= 0.3 is 6.18 Å². The lowest BCUT2D eigenvalue weighted by Gasteiger charge is -2.14. The Balaban J connectivity index is 2.51. The zero-order valence-corrected chi connectivity index (χ0v) is 12.6. The van der Waals surface area contributed by atoms with E-state index in [-0.39, 0.29) is 11.4 Å². The molecule has 1 rings (SSSR count). The molecule has 0 bridgehead atoms. The quantitative estimate of drug-likeness (QED) is 0.646. The Labute approximate surface area is 120 Å². The summed E-state index contributed by atoms with van der Waals surface area (Å²) >= 11 is 3.34. The Bertz CT molecular complexity index is 375. The van der Waals surface area contributed by atoms with Crippen LogP contribution in [0.4, 0.5) is 13.2 Å². The van der Waals surface area contributed by atoms with Crippen LogP contribution < -0.4 is 0 Å². The Morgan fingerprint density at radius 3 is 2.16 bits per heavy atom. The fourth-order valence-electron chi connectivity index (χ4n) is 1.64. The lowest BCUT2D eigenvalue weighted by Crippen LogP contribution is -2.18. The molecule has 1 aromatic rings.